The van der Waals surface area contributed by atoms with E-state index in [-0.39, 0.29) is 34.0 Å². The van der Waals surface area contributed by atoms with Crippen molar-refractivity contribution >= 4 is 27.5 Å². The molecule has 162 valence electrons. The molecule has 2 aromatic carbocycles. The number of anilines is 1. The molecule has 0 saturated heterocycles. The quantitative estimate of drug-likeness (QED) is 0.491. The van der Waals surface area contributed by atoms with Gasteiger partial charge in [0.2, 0.25) is 0 Å². The van der Waals surface area contributed by atoms with Crippen LogP contribution in [0, 0.1) is 0 Å². The number of rotatable bonds is 8. The first-order valence-electron chi connectivity index (χ1n) is 9.18. The molecule has 0 spiro atoms. The topological polar surface area (TPSA) is 127 Å². The predicted molar refractivity (Wildman–Crippen MR) is 114 cm³/mol. The number of nitrogens with one attached hydrogen (secondary N) is 3. The number of hydrogen-bond acceptors (Lipinski definition) is 6. The van der Waals surface area contributed by atoms with Crippen LogP contribution in [0.2, 0.25) is 0 Å². The fraction of sp³-hybridized carbons (Fsp3) is 0.143. The van der Waals surface area contributed by atoms with Crippen LogP contribution in [0.3, 0.4) is 0 Å². The summed E-state index contributed by atoms with van der Waals surface area (Å²) in [5, 5.41) is 5.12. The molecule has 0 aliphatic rings. The summed E-state index contributed by atoms with van der Waals surface area (Å²) in [5.74, 6) is -0.176. The van der Waals surface area contributed by atoms with Gasteiger partial charge in [0.15, 0.2) is 0 Å². The second kappa shape index (κ2) is 9.35. The molecule has 2 amide bonds. The molecule has 0 aliphatic carbocycles. The molecule has 0 saturated carbocycles. The Bertz CT molecular complexity index is 1190. The molecule has 1 heterocycles. The lowest BCUT2D eigenvalue weighted by Crippen LogP contribution is -2.25. The van der Waals surface area contributed by atoms with E-state index in [0.29, 0.717) is 5.76 Å². The molecule has 9 nitrogen and oxygen atoms in total. The number of benzene rings is 2. The predicted octanol–water partition coefficient (Wildman–Crippen LogP) is 2.38. The van der Waals surface area contributed by atoms with Crippen LogP contribution < -0.4 is 20.1 Å². The van der Waals surface area contributed by atoms with E-state index in [1.807, 2.05) is 0 Å². The highest BCUT2D eigenvalue weighted by Gasteiger charge is 2.22. The first-order valence-corrected chi connectivity index (χ1v) is 10.7. The Morgan fingerprint density at radius 2 is 1.77 bits per heavy atom. The van der Waals surface area contributed by atoms with Gasteiger partial charge in [0.1, 0.15) is 11.5 Å². The lowest BCUT2D eigenvalue weighted by molar-refractivity contribution is 0.0944. The van der Waals surface area contributed by atoms with Gasteiger partial charge >= 0.3 is 0 Å². The zero-order valence-corrected chi connectivity index (χ0v) is 17.7. The van der Waals surface area contributed by atoms with Crippen molar-refractivity contribution in [2.45, 2.75) is 11.4 Å². The summed E-state index contributed by atoms with van der Waals surface area (Å²) in [6, 6.07) is 13.5. The average Bonchev–Trinajstić information content (AvgIpc) is 3.30. The highest BCUT2D eigenvalue weighted by molar-refractivity contribution is 7.92. The summed E-state index contributed by atoms with van der Waals surface area (Å²) < 4.78 is 38.6. The Morgan fingerprint density at radius 3 is 2.45 bits per heavy atom. The third kappa shape index (κ3) is 5.04. The number of hydrogen-bond donors (Lipinski definition) is 3. The summed E-state index contributed by atoms with van der Waals surface area (Å²) in [7, 11) is -1.29. The van der Waals surface area contributed by atoms with Gasteiger partial charge in [-0.3, -0.25) is 14.3 Å². The zero-order valence-electron chi connectivity index (χ0n) is 16.8. The third-order valence-electron chi connectivity index (χ3n) is 4.37. The molecule has 0 bridgehead atoms. The lowest BCUT2D eigenvalue weighted by atomic mass is 10.1. The van der Waals surface area contributed by atoms with Crippen LogP contribution in [0.4, 0.5) is 5.69 Å². The van der Waals surface area contributed by atoms with Gasteiger partial charge in [-0.1, -0.05) is 12.1 Å². The van der Waals surface area contributed by atoms with Gasteiger partial charge in [0, 0.05) is 7.05 Å². The fourth-order valence-electron chi connectivity index (χ4n) is 2.82. The van der Waals surface area contributed by atoms with Gasteiger partial charge in [-0.15, -0.1) is 0 Å². The largest absolute Gasteiger partial charge is 0.496 e. The number of furan rings is 1. The van der Waals surface area contributed by atoms with Crippen LogP contribution in [-0.4, -0.2) is 34.4 Å². The molecule has 0 radical (unpaired) electrons. The van der Waals surface area contributed by atoms with E-state index in [1.54, 1.807) is 24.3 Å². The first-order chi connectivity index (χ1) is 14.9. The summed E-state index contributed by atoms with van der Waals surface area (Å²) in [6.45, 7) is 0.154. The number of carbonyl (C=O) groups is 2. The van der Waals surface area contributed by atoms with Crippen LogP contribution in [0.25, 0.3) is 0 Å². The number of methoxy groups -OCH3 is 1. The molecule has 0 unspecified atom stereocenters. The highest BCUT2D eigenvalue weighted by Crippen LogP contribution is 2.25. The van der Waals surface area contributed by atoms with E-state index in [2.05, 4.69) is 15.4 Å². The molecule has 0 aliphatic heterocycles. The van der Waals surface area contributed by atoms with Gasteiger partial charge in [-0.05, 0) is 42.5 Å². The van der Waals surface area contributed by atoms with Crippen molar-refractivity contribution in [1.82, 2.24) is 10.6 Å². The van der Waals surface area contributed by atoms with E-state index in [9.17, 15) is 18.0 Å². The van der Waals surface area contributed by atoms with Gasteiger partial charge in [0.25, 0.3) is 21.8 Å². The Balaban J connectivity index is 1.87. The zero-order chi connectivity index (χ0) is 22.4. The van der Waals surface area contributed by atoms with Crippen LogP contribution in [0.1, 0.15) is 26.5 Å². The standard InChI is InChI=1S/C21H21N3O6S/c1-22-20(25)17-12-15(9-10-19(17)29-2)31(27,28)24-18-8-4-3-7-16(18)21(26)23-13-14-6-5-11-30-14/h3-12,24H,13H2,1-2H3,(H,22,25)(H,23,26). The number of para-hydroxylation sites is 1. The minimum atomic E-state index is -4.10. The van der Waals surface area contributed by atoms with E-state index in [0.717, 1.165) is 0 Å². The van der Waals surface area contributed by atoms with Crippen molar-refractivity contribution < 1.29 is 27.2 Å². The first kappa shape index (κ1) is 21.9. The minimum absolute atomic E-state index is 0.0670. The lowest BCUT2D eigenvalue weighted by Gasteiger charge is -2.14. The molecular formula is C21H21N3O6S. The number of amides is 2. The van der Waals surface area contributed by atoms with Gasteiger partial charge in [-0.2, -0.15) is 0 Å². The van der Waals surface area contributed by atoms with Crippen LogP contribution >= 0.6 is 0 Å². The second-order valence-electron chi connectivity index (χ2n) is 6.35. The average molecular weight is 443 g/mol. The third-order valence-corrected chi connectivity index (χ3v) is 5.74. The SMILES string of the molecule is CNC(=O)c1cc(S(=O)(=O)Nc2ccccc2C(=O)NCc2ccco2)ccc1OC. The van der Waals surface area contributed by atoms with E-state index in [1.165, 1.54) is 50.8 Å². The molecule has 0 atom stereocenters. The molecule has 3 aromatic rings. The van der Waals surface area contributed by atoms with Crippen LogP contribution in [0.5, 0.6) is 5.75 Å². The van der Waals surface area contributed by atoms with Crippen LogP contribution in [-0.2, 0) is 16.6 Å². The molecule has 3 N–H and O–H groups in total. The Morgan fingerprint density at radius 1 is 1.00 bits per heavy atom. The van der Waals surface area contributed by atoms with Gasteiger partial charge in [0.05, 0.1) is 41.6 Å². The monoisotopic (exact) mass is 443 g/mol. The Hall–Kier alpha value is -3.79. The Labute approximate surface area is 179 Å². The maximum absolute atomic E-state index is 13.0. The van der Waals surface area contributed by atoms with E-state index < -0.39 is 21.8 Å². The summed E-state index contributed by atoms with van der Waals surface area (Å²) in [6.07, 6.45) is 1.49. The fourth-order valence-corrected chi connectivity index (χ4v) is 3.92. The summed E-state index contributed by atoms with van der Waals surface area (Å²) >= 11 is 0. The molecule has 3 rings (SSSR count). The van der Waals surface area contributed by atoms with E-state index >= 15 is 0 Å². The summed E-state index contributed by atoms with van der Waals surface area (Å²) in [5.41, 5.74) is 0.298. The molecular weight excluding hydrogens is 422 g/mol. The molecule has 1 aromatic heterocycles. The molecule has 0 fully saturated rings. The van der Waals surface area contributed by atoms with Crippen molar-refractivity contribution in [3.8, 4) is 5.75 Å². The summed E-state index contributed by atoms with van der Waals surface area (Å²) in [4.78, 5) is 24.5. The highest BCUT2D eigenvalue weighted by atomic mass is 32.2. The van der Waals surface area contributed by atoms with Crippen molar-refractivity contribution in [2.75, 3.05) is 18.9 Å². The van der Waals surface area contributed by atoms with Crippen LogP contribution in [0.15, 0.2) is 70.2 Å². The molecule has 10 heteroatoms. The van der Waals surface area contributed by atoms with Gasteiger partial charge < -0.3 is 19.8 Å². The van der Waals surface area contributed by atoms with Crippen molar-refractivity contribution in [1.29, 1.82) is 0 Å². The number of ether oxygens (including phenoxy) is 1. The van der Waals surface area contributed by atoms with Crippen molar-refractivity contribution in [3.63, 3.8) is 0 Å². The van der Waals surface area contributed by atoms with Crippen molar-refractivity contribution in [2.24, 2.45) is 0 Å². The second-order valence-corrected chi connectivity index (χ2v) is 8.04. The van der Waals surface area contributed by atoms with E-state index in [4.69, 9.17) is 9.15 Å². The number of sulfonamides is 1. The number of carbonyl (C=O) groups excluding carboxylic acids is 2. The smallest absolute Gasteiger partial charge is 0.261 e. The molecule has 31 heavy (non-hydrogen) atoms. The van der Waals surface area contributed by atoms with Gasteiger partial charge in [-0.25, -0.2) is 8.42 Å². The Kier molecular flexibility index (Phi) is 6.61. The normalized spacial score (nSPS) is 10.9. The maximum Gasteiger partial charge on any atom is 0.261 e. The van der Waals surface area contributed by atoms with Crippen molar-refractivity contribution in [3.05, 3.63) is 77.7 Å². The maximum atomic E-state index is 13.0. The minimum Gasteiger partial charge on any atom is -0.496 e.